The Morgan fingerprint density at radius 2 is 1.80 bits per heavy atom. The van der Waals surface area contributed by atoms with Gasteiger partial charge in [0.25, 0.3) is 0 Å². The van der Waals surface area contributed by atoms with Gasteiger partial charge in [-0.25, -0.2) is 0 Å². The van der Waals surface area contributed by atoms with E-state index in [1.54, 1.807) is 20.8 Å². The van der Waals surface area contributed by atoms with Crippen LogP contribution in [0.15, 0.2) is 0 Å². The molecule has 0 aromatic carbocycles. The Morgan fingerprint density at radius 3 is 2.25 bits per heavy atom. The molecule has 1 fully saturated rings. The predicted molar refractivity (Wildman–Crippen MR) is 78.4 cm³/mol. The van der Waals surface area contributed by atoms with E-state index in [1.165, 1.54) is 12.8 Å². The van der Waals surface area contributed by atoms with Crippen molar-refractivity contribution in [2.45, 2.75) is 40.5 Å². The molecule has 0 bridgehead atoms. The summed E-state index contributed by atoms with van der Waals surface area (Å²) in [4.78, 5) is 25.7. The minimum absolute atomic E-state index is 0.339. The Bertz CT molecular complexity index is 344. The van der Waals surface area contributed by atoms with Gasteiger partial charge in [-0.15, -0.1) is 0 Å². The van der Waals surface area contributed by atoms with Crippen molar-refractivity contribution in [3.05, 3.63) is 0 Å². The van der Waals surface area contributed by atoms with Crippen molar-refractivity contribution in [3.63, 3.8) is 0 Å². The number of hydrogen-bond donors (Lipinski definition) is 2. The van der Waals surface area contributed by atoms with Crippen molar-refractivity contribution in [1.29, 1.82) is 0 Å². The average Bonchev–Trinajstić information content (AvgIpc) is 2.76. The molecule has 0 radical (unpaired) electrons. The molecule has 1 saturated heterocycles. The zero-order valence-electron chi connectivity index (χ0n) is 13.1. The highest BCUT2D eigenvalue weighted by atomic mass is 16.4. The van der Waals surface area contributed by atoms with Crippen LogP contribution in [0.4, 0.5) is 0 Å². The molecular formula is C15H28N2O3. The molecule has 0 aromatic rings. The Kier molecular flexibility index (Phi) is 5.99. The van der Waals surface area contributed by atoms with E-state index in [0.29, 0.717) is 12.5 Å². The lowest BCUT2D eigenvalue weighted by atomic mass is 9.80. The van der Waals surface area contributed by atoms with Gasteiger partial charge in [-0.05, 0) is 37.3 Å². The Labute approximate surface area is 121 Å². The molecule has 5 heteroatoms. The maximum Gasteiger partial charge on any atom is 0.316 e. The number of carbonyl (C=O) groups excluding carboxylic acids is 1. The SMILES string of the molecule is CC(CNC(=O)C(C(=O)O)C(C)(C)C)CN1CCCC1. The van der Waals surface area contributed by atoms with Crippen molar-refractivity contribution in [2.24, 2.45) is 17.3 Å². The van der Waals surface area contributed by atoms with Crippen molar-refractivity contribution in [3.8, 4) is 0 Å². The third kappa shape index (κ3) is 5.12. The first-order valence-electron chi connectivity index (χ1n) is 7.44. The lowest BCUT2D eigenvalue weighted by molar-refractivity contribution is -0.151. The van der Waals surface area contributed by atoms with E-state index in [4.69, 9.17) is 0 Å². The summed E-state index contributed by atoms with van der Waals surface area (Å²) in [7, 11) is 0. The molecule has 0 aromatic heterocycles. The second-order valence-electron chi connectivity index (χ2n) is 7.00. The van der Waals surface area contributed by atoms with E-state index in [2.05, 4.69) is 17.1 Å². The minimum Gasteiger partial charge on any atom is -0.481 e. The topological polar surface area (TPSA) is 69.6 Å². The number of likely N-dealkylation sites (tertiary alicyclic amines) is 1. The molecule has 1 rings (SSSR count). The van der Waals surface area contributed by atoms with Gasteiger partial charge >= 0.3 is 5.97 Å². The summed E-state index contributed by atoms with van der Waals surface area (Å²) in [6.45, 7) is 11.2. The number of carbonyl (C=O) groups is 2. The van der Waals surface area contributed by atoms with E-state index < -0.39 is 17.3 Å². The molecular weight excluding hydrogens is 256 g/mol. The normalized spacial score (nSPS) is 19.6. The molecule has 1 aliphatic rings. The zero-order chi connectivity index (χ0) is 15.3. The summed E-state index contributed by atoms with van der Waals surface area (Å²) >= 11 is 0. The van der Waals surface area contributed by atoms with Gasteiger partial charge in [0.05, 0.1) is 0 Å². The second kappa shape index (κ2) is 7.07. The summed E-state index contributed by atoms with van der Waals surface area (Å²) in [5, 5.41) is 12.0. The van der Waals surface area contributed by atoms with Crippen LogP contribution in [0, 0.1) is 17.3 Å². The van der Waals surface area contributed by atoms with Crippen LogP contribution in [0.3, 0.4) is 0 Å². The number of nitrogens with zero attached hydrogens (tertiary/aromatic N) is 1. The summed E-state index contributed by atoms with van der Waals surface area (Å²) in [5.74, 6) is -2.09. The largest absolute Gasteiger partial charge is 0.481 e. The number of nitrogens with one attached hydrogen (secondary N) is 1. The number of carboxylic acids is 1. The number of hydrogen-bond acceptors (Lipinski definition) is 3. The first-order valence-corrected chi connectivity index (χ1v) is 7.44. The van der Waals surface area contributed by atoms with Gasteiger partial charge in [0.1, 0.15) is 5.92 Å². The minimum atomic E-state index is -1.05. The molecule has 1 heterocycles. The number of carboxylic acid groups (broad SMARTS) is 1. The fourth-order valence-corrected chi connectivity index (χ4v) is 2.72. The van der Waals surface area contributed by atoms with Crippen molar-refractivity contribution in [1.82, 2.24) is 10.2 Å². The monoisotopic (exact) mass is 284 g/mol. The number of aliphatic carboxylic acids is 1. The van der Waals surface area contributed by atoms with E-state index in [0.717, 1.165) is 19.6 Å². The molecule has 0 saturated carbocycles. The van der Waals surface area contributed by atoms with Gasteiger partial charge in [0, 0.05) is 13.1 Å². The second-order valence-corrected chi connectivity index (χ2v) is 7.00. The molecule has 0 aliphatic carbocycles. The molecule has 1 amide bonds. The van der Waals surface area contributed by atoms with Crippen LogP contribution >= 0.6 is 0 Å². The third-order valence-electron chi connectivity index (χ3n) is 3.77. The maximum atomic E-state index is 12.1. The van der Waals surface area contributed by atoms with E-state index in [1.807, 2.05) is 0 Å². The number of rotatable bonds is 6. The Balaban J connectivity index is 2.42. The number of amides is 1. The standard InChI is InChI=1S/C15H28N2O3/c1-11(10-17-7-5-6-8-17)9-16-13(18)12(14(19)20)15(2,3)4/h11-12H,5-10H2,1-4H3,(H,16,18)(H,19,20). The van der Waals surface area contributed by atoms with Crippen LogP contribution in [0.5, 0.6) is 0 Å². The van der Waals surface area contributed by atoms with E-state index in [9.17, 15) is 14.7 Å². The van der Waals surface area contributed by atoms with Crippen LogP contribution in [0.1, 0.15) is 40.5 Å². The summed E-state index contributed by atoms with van der Waals surface area (Å²) < 4.78 is 0. The Morgan fingerprint density at radius 1 is 1.25 bits per heavy atom. The smallest absolute Gasteiger partial charge is 0.316 e. The highest BCUT2D eigenvalue weighted by Crippen LogP contribution is 2.26. The van der Waals surface area contributed by atoms with Crippen LogP contribution in [-0.4, -0.2) is 48.1 Å². The van der Waals surface area contributed by atoms with Crippen molar-refractivity contribution >= 4 is 11.9 Å². The van der Waals surface area contributed by atoms with Gasteiger partial charge in [-0.2, -0.15) is 0 Å². The van der Waals surface area contributed by atoms with Gasteiger partial charge in [-0.1, -0.05) is 27.7 Å². The molecule has 2 unspecified atom stereocenters. The molecule has 116 valence electrons. The molecule has 20 heavy (non-hydrogen) atoms. The van der Waals surface area contributed by atoms with Crippen molar-refractivity contribution < 1.29 is 14.7 Å². The van der Waals surface area contributed by atoms with E-state index in [-0.39, 0.29) is 5.91 Å². The van der Waals surface area contributed by atoms with Gasteiger partial charge in [0.2, 0.25) is 5.91 Å². The lowest BCUT2D eigenvalue weighted by Crippen LogP contribution is -2.44. The first-order chi connectivity index (χ1) is 9.21. The molecule has 5 nitrogen and oxygen atoms in total. The van der Waals surface area contributed by atoms with Crippen LogP contribution in [-0.2, 0) is 9.59 Å². The molecule has 0 spiro atoms. The van der Waals surface area contributed by atoms with Crippen LogP contribution < -0.4 is 5.32 Å². The summed E-state index contributed by atoms with van der Waals surface area (Å²) in [6, 6.07) is 0. The van der Waals surface area contributed by atoms with Crippen LogP contribution in [0.25, 0.3) is 0 Å². The maximum absolute atomic E-state index is 12.1. The van der Waals surface area contributed by atoms with Gasteiger partial charge in [-0.3, -0.25) is 9.59 Å². The molecule has 1 aliphatic heterocycles. The Hall–Kier alpha value is -1.10. The average molecular weight is 284 g/mol. The fraction of sp³-hybridized carbons (Fsp3) is 0.867. The van der Waals surface area contributed by atoms with Crippen molar-refractivity contribution in [2.75, 3.05) is 26.2 Å². The fourth-order valence-electron chi connectivity index (χ4n) is 2.72. The highest BCUT2D eigenvalue weighted by molar-refractivity contribution is 5.97. The quantitative estimate of drug-likeness (QED) is 0.727. The van der Waals surface area contributed by atoms with Crippen LogP contribution in [0.2, 0.25) is 0 Å². The first kappa shape index (κ1) is 17.0. The van der Waals surface area contributed by atoms with Gasteiger partial charge < -0.3 is 15.3 Å². The molecule has 2 atom stereocenters. The van der Waals surface area contributed by atoms with Gasteiger partial charge in [0.15, 0.2) is 0 Å². The predicted octanol–water partition coefficient (Wildman–Crippen LogP) is 1.58. The highest BCUT2D eigenvalue weighted by Gasteiger charge is 2.37. The zero-order valence-corrected chi connectivity index (χ0v) is 13.1. The van der Waals surface area contributed by atoms with E-state index >= 15 is 0 Å². The molecule has 2 N–H and O–H groups in total. The lowest BCUT2D eigenvalue weighted by Gasteiger charge is -2.27. The summed E-state index contributed by atoms with van der Waals surface area (Å²) in [5.41, 5.74) is -0.575. The third-order valence-corrected chi connectivity index (χ3v) is 3.77. The summed E-state index contributed by atoms with van der Waals surface area (Å²) in [6.07, 6.45) is 2.51.